The standard InChI is InChI=1S/C16H15FN4OS2/c1-10(15(22)18-9-11-4-2-5-12(17)8-11)21-14(19-20-16(21)23)13-6-3-7-24-13/h2-8,10H,9H2,1H3,(H,18,22)(H,20,23)/t10-/m1/s1. The van der Waals surface area contributed by atoms with Crippen LogP contribution in [0.2, 0.25) is 0 Å². The van der Waals surface area contributed by atoms with Gasteiger partial charge in [-0.3, -0.25) is 14.5 Å². The van der Waals surface area contributed by atoms with E-state index in [0.29, 0.717) is 16.2 Å². The van der Waals surface area contributed by atoms with Gasteiger partial charge < -0.3 is 5.32 Å². The first-order valence-electron chi connectivity index (χ1n) is 7.29. The number of nitrogens with zero attached hydrogens (tertiary/aromatic N) is 2. The number of carbonyl (C=O) groups excluding carboxylic acids is 1. The number of hydrogen-bond donors (Lipinski definition) is 2. The molecule has 0 bridgehead atoms. The van der Waals surface area contributed by atoms with Gasteiger partial charge >= 0.3 is 0 Å². The SMILES string of the molecule is C[C@H](C(=O)NCc1cccc(F)c1)n1c(-c2cccs2)n[nH]c1=S. The fraction of sp³-hybridized carbons (Fsp3) is 0.188. The summed E-state index contributed by atoms with van der Waals surface area (Å²) in [5, 5.41) is 11.7. The van der Waals surface area contributed by atoms with Crippen LogP contribution in [-0.2, 0) is 11.3 Å². The van der Waals surface area contributed by atoms with Crippen LogP contribution in [0.5, 0.6) is 0 Å². The van der Waals surface area contributed by atoms with Gasteiger partial charge in [-0.15, -0.1) is 11.3 Å². The number of nitrogens with one attached hydrogen (secondary N) is 2. The Hall–Kier alpha value is -2.32. The first-order chi connectivity index (χ1) is 11.6. The predicted molar refractivity (Wildman–Crippen MR) is 93.7 cm³/mol. The third kappa shape index (κ3) is 3.44. The maximum atomic E-state index is 13.2. The molecule has 24 heavy (non-hydrogen) atoms. The lowest BCUT2D eigenvalue weighted by atomic mass is 10.2. The van der Waals surface area contributed by atoms with Crippen molar-refractivity contribution in [3.8, 4) is 10.7 Å². The molecule has 0 spiro atoms. The van der Waals surface area contributed by atoms with E-state index in [-0.39, 0.29) is 18.3 Å². The molecule has 1 aromatic carbocycles. The van der Waals surface area contributed by atoms with Crippen LogP contribution in [0.25, 0.3) is 10.7 Å². The van der Waals surface area contributed by atoms with Gasteiger partial charge in [-0.25, -0.2) is 4.39 Å². The van der Waals surface area contributed by atoms with Crippen molar-refractivity contribution in [1.29, 1.82) is 0 Å². The van der Waals surface area contributed by atoms with E-state index < -0.39 is 6.04 Å². The number of aromatic amines is 1. The number of halogens is 1. The summed E-state index contributed by atoms with van der Waals surface area (Å²) >= 11 is 6.78. The highest BCUT2D eigenvalue weighted by atomic mass is 32.1. The van der Waals surface area contributed by atoms with E-state index >= 15 is 0 Å². The normalized spacial score (nSPS) is 12.1. The topological polar surface area (TPSA) is 62.7 Å². The van der Waals surface area contributed by atoms with Gasteiger partial charge in [0.1, 0.15) is 11.9 Å². The molecule has 1 atom stereocenters. The zero-order valence-electron chi connectivity index (χ0n) is 12.8. The highest BCUT2D eigenvalue weighted by Gasteiger charge is 2.21. The summed E-state index contributed by atoms with van der Waals surface area (Å²) in [6.45, 7) is 2.00. The molecule has 0 aliphatic heterocycles. The molecule has 0 unspecified atom stereocenters. The molecular weight excluding hydrogens is 347 g/mol. The van der Waals surface area contributed by atoms with E-state index in [1.165, 1.54) is 23.5 Å². The van der Waals surface area contributed by atoms with E-state index in [0.717, 1.165) is 4.88 Å². The number of aromatic nitrogens is 3. The Morgan fingerprint density at radius 2 is 2.29 bits per heavy atom. The van der Waals surface area contributed by atoms with Crippen molar-refractivity contribution in [2.24, 2.45) is 0 Å². The summed E-state index contributed by atoms with van der Waals surface area (Å²) in [6, 6.07) is 9.43. The third-order valence-electron chi connectivity index (χ3n) is 3.57. The zero-order valence-corrected chi connectivity index (χ0v) is 14.5. The molecule has 2 aromatic heterocycles. The Balaban J connectivity index is 1.77. The summed E-state index contributed by atoms with van der Waals surface area (Å²) in [6.07, 6.45) is 0. The largest absolute Gasteiger partial charge is 0.350 e. The van der Waals surface area contributed by atoms with Crippen molar-refractivity contribution in [1.82, 2.24) is 20.1 Å². The van der Waals surface area contributed by atoms with Crippen molar-refractivity contribution >= 4 is 29.5 Å². The molecule has 2 heterocycles. The molecule has 0 aliphatic carbocycles. The van der Waals surface area contributed by atoms with Crippen LogP contribution in [-0.4, -0.2) is 20.7 Å². The maximum Gasteiger partial charge on any atom is 0.243 e. The van der Waals surface area contributed by atoms with Crippen molar-refractivity contribution in [2.45, 2.75) is 19.5 Å². The molecule has 0 saturated heterocycles. The average molecular weight is 362 g/mol. The molecule has 3 aromatic rings. The lowest BCUT2D eigenvalue weighted by Gasteiger charge is -2.15. The van der Waals surface area contributed by atoms with Gasteiger partial charge in [0.15, 0.2) is 10.6 Å². The number of hydrogen-bond acceptors (Lipinski definition) is 4. The smallest absolute Gasteiger partial charge is 0.243 e. The number of benzene rings is 1. The number of thiophene rings is 1. The fourth-order valence-electron chi connectivity index (χ4n) is 2.34. The second-order valence-electron chi connectivity index (χ2n) is 5.22. The second kappa shape index (κ2) is 7.06. The van der Waals surface area contributed by atoms with Gasteiger partial charge in [-0.1, -0.05) is 18.2 Å². The molecule has 0 aliphatic rings. The third-order valence-corrected chi connectivity index (χ3v) is 4.72. The Bertz CT molecular complexity index is 901. The average Bonchev–Trinajstić information content (AvgIpc) is 3.21. The fourth-order valence-corrected chi connectivity index (χ4v) is 3.35. The van der Waals surface area contributed by atoms with Gasteiger partial charge in [0.25, 0.3) is 0 Å². The monoisotopic (exact) mass is 362 g/mol. The van der Waals surface area contributed by atoms with E-state index in [4.69, 9.17) is 12.2 Å². The van der Waals surface area contributed by atoms with Crippen LogP contribution in [0, 0.1) is 10.6 Å². The zero-order chi connectivity index (χ0) is 17.1. The molecule has 8 heteroatoms. The quantitative estimate of drug-likeness (QED) is 0.681. The molecule has 124 valence electrons. The van der Waals surface area contributed by atoms with Crippen LogP contribution in [0.3, 0.4) is 0 Å². The number of amides is 1. The Labute approximate surface area is 147 Å². The minimum atomic E-state index is -0.540. The summed E-state index contributed by atoms with van der Waals surface area (Å²) < 4.78 is 15.3. The van der Waals surface area contributed by atoms with Gasteiger partial charge in [0, 0.05) is 6.54 Å². The van der Waals surface area contributed by atoms with E-state index in [1.54, 1.807) is 23.6 Å². The minimum absolute atomic E-state index is 0.213. The lowest BCUT2D eigenvalue weighted by molar-refractivity contribution is -0.124. The van der Waals surface area contributed by atoms with Crippen molar-refractivity contribution in [2.75, 3.05) is 0 Å². The highest BCUT2D eigenvalue weighted by Crippen LogP contribution is 2.25. The number of rotatable bonds is 5. The maximum absolute atomic E-state index is 13.2. The first-order valence-corrected chi connectivity index (χ1v) is 8.58. The lowest BCUT2D eigenvalue weighted by Crippen LogP contribution is -2.31. The van der Waals surface area contributed by atoms with Crippen molar-refractivity contribution in [3.05, 3.63) is 57.9 Å². The molecule has 0 saturated carbocycles. The summed E-state index contributed by atoms with van der Waals surface area (Å²) in [5.41, 5.74) is 0.699. The summed E-state index contributed by atoms with van der Waals surface area (Å²) in [4.78, 5) is 13.4. The van der Waals surface area contributed by atoms with E-state index in [1.807, 2.05) is 17.5 Å². The summed E-state index contributed by atoms with van der Waals surface area (Å²) in [7, 11) is 0. The Morgan fingerprint density at radius 3 is 3.00 bits per heavy atom. The van der Waals surface area contributed by atoms with Crippen molar-refractivity contribution < 1.29 is 9.18 Å². The molecule has 2 N–H and O–H groups in total. The molecule has 3 rings (SSSR count). The number of carbonyl (C=O) groups is 1. The van der Waals surface area contributed by atoms with Crippen LogP contribution in [0.1, 0.15) is 18.5 Å². The van der Waals surface area contributed by atoms with Gasteiger partial charge in [-0.05, 0) is 48.3 Å². The molecule has 5 nitrogen and oxygen atoms in total. The second-order valence-corrected chi connectivity index (χ2v) is 6.56. The van der Waals surface area contributed by atoms with Gasteiger partial charge in [0.2, 0.25) is 5.91 Å². The highest BCUT2D eigenvalue weighted by molar-refractivity contribution is 7.71. The predicted octanol–water partition coefficient (Wildman–Crippen LogP) is 3.69. The molecule has 0 radical (unpaired) electrons. The van der Waals surface area contributed by atoms with E-state index in [2.05, 4.69) is 15.5 Å². The Kier molecular flexibility index (Phi) is 4.86. The van der Waals surface area contributed by atoms with Gasteiger partial charge in [0.05, 0.1) is 4.88 Å². The minimum Gasteiger partial charge on any atom is -0.350 e. The van der Waals surface area contributed by atoms with E-state index in [9.17, 15) is 9.18 Å². The van der Waals surface area contributed by atoms with Crippen LogP contribution < -0.4 is 5.32 Å². The van der Waals surface area contributed by atoms with Crippen LogP contribution >= 0.6 is 23.6 Å². The molecule has 0 fully saturated rings. The Morgan fingerprint density at radius 1 is 1.46 bits per heavy atom. The first kappa shape index (κ1) is 16.5. The number of H-pyrrole nitrogens is 1. The van der Waals surface area contributed by atoms with Gasteiger partial charge in [-0.2, -0.15) is 5.10 Å². The summed E-state index contributed by atoms with van der Waals surface area (Å²) in [5.74, 6) is 0.0878. The molecular formula is C16H15FN4OS2. The van der Waals surface area contributed by atoms with Crippen LogP contribution in [0.4, 0.5) is 4.39 Å². The van der Waals surface area contributed by atoms with Crippen molar-refractivity contribution in [3.63, 3.8) is 0 Å². The molecule has 1 amide bonds. The van der Waals surface area contributed by atoms with Crippen LogP contribution in [0.15, 0.2) is 41.8 Å².